The van der Waals surface area contributed by atoms with Crippen molar-refractivity contribution in [2.24, 2.45) is 10.9 Å². The molecule has 0 saturated carbocycles. The summed E-state index contributed by atoms with van der Waals surface area (Å²) in [6, 6.07) is 0.391. The first-order chi connectivity index (χ1) is 7.70. The van der Waals surface area contributed by atoms with Gasteiger partial charge < -0.3 is 10.9 Å². The van der Waals surface area contributed by atoms with E-state index in [1.54, 1.807) is 0 Å². The summed E-state index contributed by atoms with van der Waals surface area (Å²) in [5.74, 6) is -6.64. The second kappa shape index (κ2) is 4.11. The van der Waals surface area contributed by atoms with E-state index in [-0.39, 0.29) is 0 Å². The molecule has 0 aromatic carbocycles. The Labute approximate surface area is 90.8 Å². The van der Waals surface area contributed by atoms with Crippen molar-refractivity contribution in [1.82, 2.24) is 9.97 Å². The highest BCUT2D eigenvalue weighted by Gasteiger charge is 2.60. The fourth-order valence-electron chi connectivity index (χ4n) is 0.847. The molecule has 0 spiro atoms. The summed E-state index contributed by atoms with van der Waals surface area (Å²) in [4.78, 5) is 6.16. The second-order valence-electron chi connectivity index (χ2n) is 2.82. The van der Waals surface area contributed by atoms with Gasteiger partial charge in [-0.05, 0) is 6.07 Å². The van der Waals surface area contributed by atoms with E-state index in [2.05, 4.69) is 15.1 Å². The molecule has 0 aliphatic carbocycles. The van der Waals surface area contributed by atoms with Gasteiger partial charge in [-0.1, -0.05) is 5.16 Å². The number of hydrogen-bond acceptors (Lipinski definition) is 4. The predicted octanol–water partition coefficient (Wildman–Crippen LogP) is 1.23. The third-order valence-corrected chi connectivity index (χ3v) is 1.67. The molecular formula is C7H5F5N4O. The van der Waals surface area contributed by atoms with Gasteiger partial charge in [0, 0.05) is 6.20 Å². The highest BCUT2D eigenvalue weighted by molar-refractivity contribution is 5.93. The number of aromatic nitrogens is 2. The Morgan fingerprint density at radius 2 is 1.88 bits per heavy atom. The smallest absolute Gasteiger partial charge is 0.409 e. The summed E-state index contributed by atoms with van der Waals surface area (Å²) >= 11 is 0. The lowest BCUT2D eigenvalue weighted by molar-refractivity contribution is -0.291. The quantitative estimate of drug-likeness (QED) is 0.274. The van der Waals surface area contributed by atoms with Gasteiger partial charge >= 0.3 is 12.1 Å². The molecule has 17 heavy (non-hydrogen) atoms. The lowest BCUT2D eigenvalue weighted by atomic mass is 10.2. The van der Waals surface area contributed by atoms with Crippen molar-refractivity contribution in [3.63, 3.8) is 0 Å². The number of hydrogen-bond donors (Lipinski definition) is 2. The van der Waals surface area contributed by atoms with E-state index in [9.17, 15) is 22.0 Å². The molecule has 0 saturated heterocycles. The molecule has 0 fully saturated rings. The molecule has 1 aromatic heterocycles. The maximum absolute atomic E-state index is 12.9. The average Bonchev–Trinajstić information content (AvgIpc) is 2.26. The average molecular weight is 256 g/mol. The third kappa shape index (κ3) is 2.40. The van der Waals surface area contributed by atoms with E-state index in [0.717, 1.165) is 0 Å². The van der Waals surface area contributed by atoms with Crippen molar-refractivity contribution in [2.75, 3.05) is 0 Å². The van der Waals surface area contributed by atoms with E-state index in [1.165, 1.54) is 0 Å². The summed E-state index contributed by atoms with van der Waals surface area (Å²) in [7, 11) is 0. The predicted molar refractivity (Wildman–Crippen MR) is 44.5 cm³/mol. The molecule has 5 nitrogen and oxygen atoms in total. The topological polar surface area (TPSA) is 84.4 Å². The fourth-order valence-corrected chi connectivity index (χ4v) is 0.847. The van der Waals surface area contributed by atoms with Crippen LogP contribution in [-0.4, -0.2) is 27.2 Å². The van der Waals surface area contributed by atoms with Gasteiger partial charge in [0.25, 0.3) is 0 Å². The van der Waals surface area contributed by atoms with E-state index in [0.29, 0.717) is 12.3 Å². The Bertz CT molecular complexity index is 444. The number of oxime groups is 1. The molecule has 0 aliphatic rings. The van der Waals surface area contributed by atoms with Crippen molar-refractivity contribution >= 4 is 5.84 Å². The molecule has 0 amide bonds. The zero-order chi connectivity index (χ0) is 13.3. The molecule has 3 N–H and O–H groups in total. The Hall–Kier alpha value is -2.00. The minimum absolute atomic E-state index is 0.391. The van der Waals surface area contributed by atoms with Crippen LogP contribution in [0.5, 0.6) is 0 Å². The molecule has 0 unspecified atom stereocenters. The van der Waals surface area contributed by atoms with Crippen LogP contribution in [0.3, 0.4) is 0 Å². The van der Waals surface area contributed by atoms with E-state index in [1.807, 2.05) is 0 Å². The van der Waals surface area contributed by atoms with Gasteiger partial charge in [-0.15, -0.1) is 0 Å². The summed E-state index contributed by atoms with van der Waals surface area (Å²) in [6.07, 6.45) is -5.14. The Morgan fingerprint density at radius 3 is 2.35 bits per heavy atom. The van der Waals surface area contributed by atoms with Crippen LogP contribution in [0.4, 0.5) is 22.0 Å². The zero-order valence-electron chi connectivity index (χ0n) is 7.91. The van der Waals surface area contributed by atoms with E-state index < -0.39 is 29.5 Å². The van der Waals surface area contributed by atoms with Crippen LogP contribution in [0.1, 0.15) is 11.5 Å². The normalized spacial score (nSPS) is 13.8. The van der Waals surface area contributed by atoms with Crippen LogP contribution in [-0.2, 0) is 5.92 Å². The number of nitrogens with zero attached hydrogens (tertiary/aromatic N) is 3. The first-order valence-electron chi connectivity index (χ1n) is 3.96. The van der Waals surface area contributed by atoms with E-state index in [4.69, 9.17) is 10.9 Å². The van der Waals surface area contributed by atoms with Crippen molar-refractivity contribution in [1.29, 1.82) is 0 Å². The van der Waals surface area contributed by atoms with Gasteiger partial charge in [0.1, 0.15) is 5.69 Å². The lowest BCUT2D eigenvalue weighted by Crippen LogP contribution is -2.35. The van der Waals surface area contributed by atoms with Crippen molar-refractivity contribution in [3.8, 4) is 0 Å². The number of amidine groups is 1. The van der Waals surface area contributed by atoms with Gasteiger partial charge in [-0.3, -0.25) is 0 Å². The van der Waals surface area contributed by atoms with Gasteiger partial charge in [0.2, 0.25) is 5.84 Å². The maximum atomic E-state index is 12.9. The van der Waals surface area contributed by atoms with Crippen LogP contribution in [0.25, 0.3) is 0 Å². The van der Waals surface area contributed by atoms with Crippen LogP contribution in [0.2, 0.25) is 0 Å². The van der Waals surface area contributed by atoms with Gasteiger partial charge in [0.05, 0.1) is 0 Å². The van der Waals surface area contributed by atoms with Crippen molar-refractivity contribution in [3.05, 3.63) is 23.8 Å². The van der Waals surface area contributed by atoms with Gasteiger partial charge in [-0.25, -0.2) is 9.97 Å². The second-order valence-corrected chi connectivity index (χ2v) is 2.82. The van der Waals surface area contributed by atoms with Crippen LogP contribution < -0.4 is 5.73 Å². The Balaban J connectivity index is 3.25. The van der Waals surface area contributed by atoms with E-state index >= 15 is 0 Å². The molecule has 0 bridgehead atoms. The number of halogens is 5. The molecule has 1 rings (SSSR count). The largest absolute Gasteiger partial charge is 0.459 e. The molecule has 10 heteroatoms. The summed E-state index contributed by atoms with van der Waals surface area (Å²) in [5.41, 5.74) is 3.38. The van der Waals surface area contributed by atoms with Crippen molar-refractivity contribution < 1.29 is 27.2 Å². The van der Waals surface area contributed by atoms with Crippen LogP contribution >= 0.6 is 0 Å². The zero-order valence-corrected chi connectivity index (χ0v) is 7.91. The molecule has 1 aromatic rings. The summed E-state index contributed by atoms with van der Waals surface area (Å²) in [6.45, 7) is 0. The molecule has 0 aliphatic heterocycles. The number of rotatable bonds is 2. The Morgan fingerprint density at radius 1 is 1.29 bits per heavy atom. The van der Waals surface area contributed by atoms with Gasteiger partial charge in [-0.2, -0.15) is 22.0 Å². The SMILES string of the molecule is N/C(=N\O)c1nccc(C(F)(F)C(F)(F)F)n1. The molecule has 0 atom stereocenters. The first kappa shape index (κ1) is 13.1. The number of nitrogens with two attached hydrogens (primary N) is 1. The monoisotopic (exact) mass is 256 g/mol. The first-order valence-corrected chi connectivity index (χ1v) is 3.96. The summed E-state index contributed by atoms with van der Waals surface area (Å²) < 4.78 is 61.7. The molecular weight excluding hydrogens is 251 g/mol. The van der Waals surface area contributed by atoms with Crippen LogP contribution in [0, 0.1) is 0 Å². The minimum Gasteiger partial charge on any atom is -0.409 e. The van der Waals surface area contributed by atoms with Crippen molar-refractivity contribution in [2.45, 2.75) is 12.1 Å². The number of alkyl halides is 5. The minimum atomic E-state index is -5.79. The highest BCUT2D eigenvalue weighted by Crippen LogP contribution is 2.42. The standard InChI is InChI=1S/C7H5F5N4O/c8-6(9,7(10,11)12)3-1-2-14-5(15-3)4(13)16-17/h1-2,17H,(H2,13,16). The lowest BCUT2D eigenvalue weighted by Gasteiger charge is -2.18. The molecule has 1 heterocycles. The maximum Gasteiger partial charge on any atom is 0.459 e. The molecule has 0 radical (unpaired) electrons. The molecule has 94 valence electrons. The summed E-state index contributed by atoms with van der Waals surface area (Å²) in [5, 5.41) is 10.6. The third-order valence-electron chi connectivity index (χ3n) is 1.67. The Kier molecular flexibility index (Phi) is 3.16. The fraction of sp³-hybridized carbons (Fsp3) is 0.286. The highest BCUT2D eigenvalue weighted by atomic mass is 19.4. The van der Waals surface area contributed by atoms with Gasteiger partial charge in [0.15, 0.2) is 5.82 Å². The van der Waals surface area contributed by atoms with Crippen LogP contribution in [0.15, 0.2) is 17.4 Å².